The fourth-order valence-electron chi connectivity index (χ4n) is 3.63. The van der Waals surface area contributed by atoms with Crippen molar-refractivity contribution in [3.05, 3.63) is 64.7 Å². The van der Waals surface area contributed by atoms with Crippen LogP contribution in [0.25, 0.3) is 0 Å². The summed E-state index contributed by atoms with van der Waals surface area (Å²) in [6, 6.07) is 9.38. The summed E-state index contributed by atoms with van der Waals surface area (Å²) < 4.78 is 65.6. The average Bonchev–Trinajstić information content (AvgIpc) is 2.76. The molecule has 0 saturated heterocycles. The maximum Gasteiger partial charge on any atom is 0.416 e. The van der Waals surface area contributed by atoms with E-state index in [0.29, 0.717) is 21.0 Å². The predicted molar refractivity (Wildman–Crippen MR) is 138 cm³/mol. The molecule has 2 amide bonds. The summed E-state index contributed by atoms with van der Waals surface area (Å²) >= 11 is 6.29. The van der Waals surface area contributed by atoms with Crippen molar-refractivity contribution < 1.29 is 31.2 Å². The zero-order chi connectivity index (χ0) is 28.2. The van der Waals surface area contributed by atoms with Crippen LogP contribution in [0.1, 0.15) is 45.2 Å². The molecule has 1 unspecified atom stereocenters. The maximum absolute atomic E-state index is 13.6. The minimum Gasteiger partial charge on any atom is -0.350 e. The van der Waals surface area contributed by atoms with Gasteiger partial charge < -0.3 is 10.2 Å². The summed E-state index contributed by atoms with van der Waals surface area (Å²) in [4.78, 5) is 27.9. The number of rotatable bonds is 9. The van der Waals surface area contributed by atoms with Gasteiger partial charge in [-0.25, -0.2) is 8.42 Å². The molecule has 7 nitrogen and oxygen atoms in total. The number of hydrogen-bond acceptors (Lipinski definition) is 4. The highest BCUT2D eigenvalue weighted by Crippen LogP contribution is 2.32. The van der Waals surface area contributed by atoms with Crippen molar-refractivity contribution in [1.82, 2.24) is 10.2 Å². The fraction of sp³-hybridized carbons (Fsp3) is 0.440. The van der Waals surface area contributed by atoms with Gasteiger partial charge in [0.1, 0.15) is 12.6 Å². The third kappa shape index (κ3) is 8.63. The number of nitrogens with zero attached hydrogens (tertiary/aromatic N) is 2. The normalized spacial score (nSPS) is 13.1. The lowest BCUT2D eigenvalue weighted by Gasteiger charge is -2.34. The molecule has 2 aromatic rings. The van der Waals surface area contributed by atoms with Gasteiger partial charge >= 0.3 is 6.18 Å². The third-order valence-corrected chi connectivity index (χ3v) is 6.83. The summed E-state index contributed by atoms with van der Waals surface area (Å²) in [5.74, 6) is -1.24. The molecule has 0 spiro atoms. The van der Waals surface area contributed by atoms with Crippen molar-refractivity contribution in [1.29, 1.82) is 0 Å². The number of carbonyl (C=O) groups excluding carboxylic acids is 2. The van der Waals surface area contributed by atoms with E-state index < -0.39 is 51.7 Å². The van der Waals surface area contributed by atoms with E-state index in [1.165, 1.54) is 11.0 Å². The van der Waals surface area contributed by atoms with Crippen LogP contribution in [0.5, 0.6) is 0 Å². The molecule has 204 valence electrons. The molecule has 1 N–H and O–H groups in total. The van der Waals surface area contributed by atoms with Gasteiger partial charge in [-0.3, -0.25) is 13.9 Å². The number of benzene rings is 2. The number of amides is 2. The molecule has 0 aliphatic rings. The molecule has 0 aliphatic carbocycles. The Morgan fingerprint density at radius 1 is 1.05 bits per heavy atom. The fourth-order valence-corrected chi connectivity index (χ4v) is 4.67. The highest BCUT2D eigenvalue weighted by atomic mass is 35.5. The molecule has 0 aromatic heterocycles. The Morgan fingerprint density at radius 3 is 2.19 bits per heavy atom. The molecule has 0 saturated carbocycles. The van der Waals surface area contributed by atoms with Crippen LogP contribution in [-0.2, 0) is 32.3 Å². The number of hydrogen-bond donors (Lipinski definition) is 1. The van der Waals surface area contributed by atoms with Crippen molar-refractivity contribution >= 4 is 39.1 Å². The van der Waals surface area contributed by atoms with Crippen LogP contribution >= 0.6 is 11.6 Å². The number of halogens is 4. The van der Waals surface area contributed by atoms with E-state index >= 15 is 0 Å². The number of sulfonamides is 1. The van der Waals surface area contributed by atoms with E-state index in [1.807, 2.05) is 0 Å². The molecule has 0 bridgehead atoms. The van der Waals surface area contributed by atoms with E-state index in [4.69, 9.17) is 11.6 Å². The summed E-state index contributed by atoms with van der Waals surface area (Å²) in [6.45, 7) is 6.09. The van der Waals surface area contributed by atoms with Crippen LogP contribution in [0.3, 0.4) is 0 Å². The number of alkyl halides is 3. The number of nitrogens with one attached hydrogen (secondary N) is 1. The predicted octanol–water partition coefficient (Wildman–Crippen LogP) is 4.85. The van der Waals surface area contributed by atoms with Gasteiger partial charge in [-0.05, 0) is 57.0 Å². The summed E-state index contributed by atoms with van der Waals surface area (Å²) in [5.41, 5.74) is -1.48. The molecule has 0 fully saturated rings. The van der Waals surface area contributed by atoms with Crippen molar-refractivity contribution in [2.75, 3.05) is 17.1 Å². The summed E-state index contributed by atoms with van der Waals surface area (Å²) in [5, 5.41) is 3.16. The van der Waals surface area contributed by atoms with E-state index in [0.717, 1.165) is 18.4 Å². The topological polar surface area (TPSA) is 86.8 Å². The van der Waals surface area contributed by atoms with Crippen LogP contribution in [-0.4, -0.2) is 49.5 Å². The number of carbonyl (C=O) groups is 2. The molecule has 12 heteroatoms. The molecule has 0 heterocycles. The van der Waals surface area contributed by atoms with Crippen LogP contribution in [0.15, 0.2) is 48.5 Å². The molecule has 1 atom stereocenters. The third-order valence-electron chi connectivity index (χ3n) is 5.32. The van der Waals surface area contributed by atoms with Crippen LogP contribution < -0.4 is 9.62 Å². The Morgan fingerprint density at radius 2 is 1.68 bits per heavy atom. The largest absolute Gasteiger partial charge is 0.416 e. The average molecular weight is 562 g/mol. The van der Waals surface area contributed by atoms with Gasteiger partial charge in [0, 0.05) is 17.1 Å². The molecule has 0 radical (unpaired) electrons. The van der Waals surface area contributed by atoms with Gasteiger partial charge in [-0.1, -0.05) is 42.8 Å². The van der Waals surface area contributed by atoms with Gasteiger partial charge in [-0.15, -0.1) is 0 Å². The molecule has 2 rings (SSSR count). The first-order valence-corrected chi connectivity index (χ1v) is 13.7. The quantitative estimate of drug-likeness (QED) is 0.474. The highest BCUT2D eigenvalue weighted by Gasteiger charge is 2.35. The molecular weight excluding hydrogens is 531 g/mol. The monoisotopic (exact) mass is 561 g/mol. The first kappa shape index (κ1) is 30.4. The lowest BCUT2D eigenvalue weighted by Crippen LogP contribution is -2.55. The van der Waals surface area contributed by atoms with E-state index in [1.54, 1.807) is 52.0 Å². The first-order valence-electron chi connectivity index (χ1n) is 11.4. The Bertz CT molecular complexity index is 1230. The standard InChI is InChI=1S/C25H31ClF3N3O4S/c1-6-21(23(34)30-24(2,3)4)31(15-17-10-7-8-13-20(17)26)22(33)16-32(37(5,35)36)19-12-9-11-18(14-19)25(27,28)29/h7-14,21H,6,15-16H2,1-5H3,(H,30,34). The van der Waals surface area contributed by atoms with E-state index in [-0.39, 0.29) is 18.7 Å². The van der Waals surface area contributed by atoms with Crippen molar-refractivity contribution in [2.24, 2.45) is 0 Å². The maximum atomic E-state index is 13.6. The minimum atomic E-state index is -4.71. The highest BCUT2D eigenvalue weighted by molar-refractivity contribution is 7.92. The van der Waals surface area contributed by atoms with E-state index in [2.05, 4.69) is 5.32 Å². The van der Waals surface area contributed by atoms with Gasteiger partial charge in [0.15, 0.2) is 0 Å². The zero-order valence-electron chi connectivity index (χ0n) is 21.3. The van der Waals surface area contributed by atoms with Gasteiger partial charge in [0.05, 0.1) is 17.5 Å². The minimum absolute atomic E-state index is 0.116. The van der Waals surface area contributed by atoms with Crippen LogP contribution in [0.2, 0.25) is 5.02 Å². The Kier molecular flexibility index (Phi) is 9.64. The zero-order valence-corrected chi connectivity index (χ0v) is 22.8. The summed E-state index contributed by atoms with van der Waals surface area (Å²) in [7, 11) is -4.18. The molecular formula is C25H31ClF3N3O4S. The Balaban J connectivity index is 2.52. The Hall–Kier alpha value is -2.79. The van der Waals surface area contributed by atoms with Crippen LogP contribution in [0, 0.1) is 0 Å². The van der Waals surface area contributed by atoms with Gasteiger partial charge in [0.25, 0.3) is 0 Å². The van der Waals surface area contributed by atoms with Gasteiger partial charge in [-0.2, -0.15) is 13.2 Å². The van der Waals surface area contributed by atoms with E-state index in [9.17, 15) is 31.2 Å². The van der Waals surface area contributed by atoms with Crippen molar-refractivity contribution in [2.45, 2.75) is 58.4 Å². The SMILES string of the molecule is CCC(C(=O)NC(C)(C)C)N(Cc1ccccc1Cl)C(=O)CN(c1cccc(C(F)(F)F)c1)S(C)(=O)=O. The second-order valence-corrected chi connectivity index (χ2v) is 11.9. The number of anilines is 1. The molecule has 37 heavy (non-hydrogen) atoms. The van der Waals surface area contributed by atoms with Crippen molar-refractivity contribution in [3.63, 3.8) is 0 Å². The van der Waals surface area contributed by atoms with Crippen LogP contribution in [0.4, 0.5) is 18.9 Å². The second kappa shape index (κ2) is 11.7. The second-order valence-electron chi connectivity index (χ2n) is 9.59. The summed E-state index contributed by atoms with van der Waals surface area (Å²) in [6.07, 6.45) is -3.72. The molecule has 2 aromatic carbocycles. The van der Waals surface area contributed by atoms with Crippen molar-refractivity contribution in [3.8, 4) is 0 Å². The first-order chi connectivity index (χ1) is 16.9. The lowest BCUT2D eigenvalue weighted by atomic mass is 10.1. The molecule has 0 aliphatic heterocycles. The lowest BCUT2D eigenvalue weighted by molar-refractivity contribution is -0.141. The Labute approximate surface area is 220 Å². The smallest absolute Gasteiger partial charge is 0.350 e. The van der Waals surface area contributed by atoms with Gasteiger partial charge in [0.2, 0.25) is 21.8 Å².